The minimum absolute atomic E-state index is 0.102. The maximum absolute atomic E-state index is 12.7. The number of oxazole rings is 1. The second kappa shape index (κ2) is 11.0. The van der Waals surface area contributed by atoms with Gasteiger partial charge in [0.25, 0.3) is 5.91 Å². The molecule has 0 bridgehead atoms. The van der Waals surface area contributed by atoms with Gasteiger partial charge >= 0.3 is 0 Å². The van der Waals surface area contributed by atoms with E-state index in [0.717, 1.165) is 29.8 Å². The lowest BCUT2D eigenvalue weighted by atomic mass is 10.1. The zero-order valence-electron chi connectivity index (χ0n) is 20.1. The topological polar surface area (TPSA) is 74.6 Å². The molecule has 2 aromatic carbocycles. The molecule has 0 aliphatic rings. The Morgan fingerprint density at radius 3 is 2.59 bits per heavy atom. The summed E-state index contributed by atoms with van der Waals surface area (Å²) in [5.74, 6) is 1.28. The van der Waals surface area contributed by atoms with Crippen LogP contribution < -0.4 is 4.74 Å². The van der Waals surface area contributed by atoms with Crippen LogP contribution in [0.4, 0.5) is 0 Å². The second-order valence-electron chi connectivity index (χ2n) is 8.24. The number of ether oxygens (including phenoxy) is 1. The lowest BCUT2D eigenvalue weighted by Gasteiger charge is -2.22. The largest absolute Gasteiger partial charge is 0.496 e. The van der Waals surface area contributed by atoms with Crippen molar-refractivity contribution >= 4 is 16.8 Å². The Morgan fingerprint density at radius 1 is 1.03 bits per heavy atom. The number of amides is 1. The van der Waals surface area contributed by atoms with E-state index in [1.54, 1.807) is 12.0 Å². The first-order chi connectivity index (χ1) is 16.6. The van der Waals surface area contributed by atoms with Crippen LogP contribution in [0.15, 0.2) is 65.4 Å². The average Bonchev–Trinajstić information content (AvgIpc) is 3.50. The molecule has 2 aromatic heterocycles. The van der Waals surface area contributed by atoms with Crippen LogP contribution in [-0.4, -0.2) is 52.4 Å². The van der Waals surface area contributed by atoms with Crippen LogP contribution in [-0.2, 0) is 19.5 Å². The molecule has 0 radical (unpaired) electrons. The quantitative estimate of drug-likeness (QED) is 0.345. The third-order valence-electron chi connectivity index (χ3n) is 6.14. The molecule has 4 rings (SSSR count). The van der Waals surface area contributed by atoms with Crippen molar-refractivity contribution in [1.82, 2.24) is 19.8 Å². The molecule has 178 valence electrons. The fourth-order valence-corrected chi connectivity index (χ4v) is 4.25. The third kappa shape index (κ3) is 5.31. The first kappa shape index (κ1) is 23.6. The van der Waals surface area contributed by atoms with E-state index in [1.807, 2.05) is 38.1 Å². The van der Waals surface area contributed by atoms with Gasteiger partial charge in [0.2, 0.25) is 5.89 Å². The number of hydrogen-bond acceptors (Lipinski definition) is 5. The normalized spacial score (nSPS) is 11.3. The van der Waals surface area contributed by atoms with E-state index < -0.39 is 0 Å². The van der Waals surface area contributed by atoms with E-state index in [1.165, 1.54) is 17.2 Å². The van der Waals surface area contributed by atoms with Crippen molar-refractivity contribution in [1.29, 1.82) is 0 Å². The zero-order chi connectivity index (χ0) is 23.9. The van der Waals surface area contributed by atoms with Crippen LogP contribution >= 0.6 is 0 Å². The summed E-state index contributed by atoms with van der Waals surface area (Å²) in [5, 5.41) is 1.24. The van der Waals surface area contributed by atoms with Gasteiger partial charge in [-0.15, -0.1) is 0 Å². The van der Waals surface area contributed by atoms with E-state index in [4.69, 9.17) is 9.15 Å². The van der Waals surface area contributed by atoms with Crippen LogP contribution in [0.3, 0.4) is 0 Å². The molecule has 1 amide bonds. The van der Waals surface area contributed by atoms with Gasteiger partial charge in [-0.1, -0.05) is 36.4 Å². The number of nitrogens with one attached hydrogen (secondary N) is 1. The molecule has 7 nitrogen and oxygen atoms in total. The lowest BCUT2D eigenvalue weighted by Crippen LogP contribution is -2.30. The third-order valence-corrected chi connectivity index (χ3v) is 6.14. The molecule has 0 unspecified atom stereocenters. The SMILES string of the molecule is CCN(CC)C(=O)c1coc(CN(CCc2c[nH]c3ccccc23)Cc2ccccc2OC)n1. The van der Waals surface area contributed by atoms with Gasteiger partial charge in [0.05, 0.1) is 13.7 Å². The number of H-pyrrole nitrogens is 1. The number of fused-ring (bicyclic) bond motifs is 1. The van der Waals surface area contributed by atoms with E-state index in [-0.39, 0.29) is 5.91 Å². The first-order valence-corrected chi connectivity index (χ1v) is 11.8. The van der Waals surface area contributed by atoms with Crippen molar-refractivity contribution in [2.24, 2.45) is 0 Å². The smallest absolute Gasteiger partial charge is 0.275 e. The summed E-state index contributed by atoms with van der Waals surface area (Å²) in [7, 11) is 1.69. The Kier molecular flexibility index (Phi) is 7.65. The molecule has 7 heteroatoms. The number of methoxy groups -OCH3 is 1. The van der Waals surface area contributed by atoms with Crippen LogP contribution in [0.25, 0.3) is 10.9 Å². The highest BCUT2D eigenvalue weighted by atomic mass is 16.5. The molecule has 0 saturated heterocycles. The van der Waals surface area contributed by atoms with E-state index in [0.29, 0.717) is 37.8 Å². The molecule has 4 aromatic rings. The number of benzene rings is 2. The van der Waals surface area contributed by atoms with E-state index in [9.17, 15) is 4.79 Å². The molecular formula is C27H32N4O3. The molecule has 1 N–H and O–H groups in total. The van der Waals surface area contributed by atoms with Crippen molar-refractivity contribution in [2.75, 3.05) is 26.7 Å². The first-order valence-electron chi connectivity index (χ1n) is 11.8. The number of nitrogens with zero attached hydrogens (tertiary/aromatic N) is 3. The highest BCUT2D eigenvalue weighted by molar-refractivity contribution is 5.91. The fourth-order valence-electron chi connectivity index (χ4n) is 4.25. The Bertz CT molecular complexity index is 1230. The Morgan fingerprint density at radius 2 is 1.79 bits per heavy atom. The molecule has 0 aliphatic heterocycles. The number of hydrogen-bond donors (Lipinski definition) is 1. The molecular weight excluding hydrogens is 428 g/mol. The van der Waals surface area contributed by atoms with Crippen LogP contribution in [0.2, 0.25) is 0 Å². The lowest BCUT2D eigenvalue weighted by molar-refractivity contribution is 0.0767. The summed E-state index contributed by atoms with van der Waals surface area (Å²) in [6, 6.07) is 16.4. The van der Waals surface area contributed by atoms with Gasteiger partial charge in [-0.2, -0.15) is 0 Å². The molecule has 0 aliphatic carbocycles. The highest BCUT2D eigenvalue weighted by Crippen LogP contribution is 2.22. The van der Waals surface area contributed by atoms with Gasteiger partial charge in [-0.05, 0) is 38.0 Å². The molecule has 0 saturated carbocycles. The monoisotopic (exact) mass is 460 g/mol. The summed E-state index contributed by atoms with van der Waals surface area (Å²) in [5.41, 5.74) is 3.86. The predicted octanol–water partition coefficient (Wildman–Crippen LogP) is 4.89. The van der Waals surface area contributed by atoms with E-state index in [2.05, 4.69) is 45.3 Å². The van der Waals surface area contributed by atoms with Gasteiger partial charge in [0.15, 0.2) is 5.69 Å². The van der Waals surface area contributed by atoms with Crippen LogP contribution in [0, 0.1) is 0 Å². The maximum atomic E-state index is 12.7. The second-order valence-corrected chi connectivity index (χ2v) is 8.24. The number of para-hydroxylation sites is 2. The van der Waals surface area contributed by atoms with Crippen LogP contribution in [0.5, 0.6) is 5.75 Å². The molecule has 34 heavy (non-hydrogen) atoms. The molecule has 2 heterocycles. The van der Waals surface area contributed by atoms with Gasteiger partial charge < -0.3 is 19.0 Å². The summed E-state index contributed by atoms with van der Waals surface area (Å²) >= 11 is 0. The molecule has 0 spiro atoms. The summed E-state index contributed by atoms with van der Waals surface area (Å²) in [4.78, 5) is 24.5. The minimum atomic E-state index is -0.102. The summed E-state index contributed by atoms with van der Waals surface area (Å²) in [6.07, 6.45) is 4.42. The number of carbonyl (C=O) groups excluding carboxylic acids is 1. The Hall–Kier alpha value is -3.58. The predicted molar refractivity (Wildman–Crippen MR) is 133 cm³/mol. The highest BCUT2D eigenvalue weighted by Gasteiger charge is 2.19. The Labute approximate surface area is 200 Å². The summed E-state index contributed by atoms with van der Waals surface area (Å²) < 4.78 is 11.3. The van der Waals surface area contributed by atoms with Crippen molar-refractivity contribution in [3.05, 3.63) is 83.7 Å². The molecule has 0 fully saturated rings. The Balaban J connectivity index is 1.53. The van der Waals surface area contributed by atoms with Gasteiger partial charge in [0, 0.05) is 48.8 Å². The summed E-state index contributed by atoms with van der Waals surface area (Å²) in [6.45, 7) is 7.16. The van der Waals surface area contributed by atoms with Gasteiger partial charge in [-0.3, -0.25) is 9.69 Å². The number of aromatic amines is 1. The standard InChI is InChI=1S/C27H32N4O3/c1-4-31(5-2)27(32)24-19-34-26(29-24)18-30(17-21-10-6-9-13-25(21)33-3)15-14-20-16-28-23-12-8-7-11-22(20)23/h6-13,16,19,28H,4-5,14-15,17-18H2,1-3H3. The van der Waals surface area contributed by atoms with Crippen molar-refractivity contribution in [3.63, 3.8) is 0 Å². The number of carbonyl (C=O) groups is 1. The van der Waals surface area contributed by atoms with Crippen molar-refractivity contribution < 1.29 is 13.9 Å². The average molecular weight is 461 g/mol. The van der Waals surface area contributed by atoms with Crippen molar-refractivity contribution in [3.8, 4) is 5.75 Å². The minimum Gasteiger partial charge on any atom is -0.496 e. The zero-order valence-corrected chi connectivity index (χ0v) is 20.1. The fraction of sp³-hybridized carbons (Fsp3) is 0.333. The van der Waals surface area contributed by atoms with E-state index >= 15 is 0 Å². The van der Waals surface area contributed by atoms with Gasteiger partial charge in [0.1, 0.15) is 12.0 Å². The number of rotatable bonds is 11. The van der Waals surface area contributed by atoms with Gasteiger partial charge in [-0.25, -0.2) is 4.98 Å². The van der Waals surface area contributed by atoms with Crippen molar-refractivity contribution in [2.45, 2.75) is 33.4 Å². The maximum Gasteiger partial charge on any atom is 0.275 e. The number of aromatic nitrogens is 2. The molecule has 0 atom stereocenters. The van der Waals surface area contributed by atoms with Crippen LogP contribution in [0.1, 0.15) is 41.4 Å².